The molecule has 0 aliphatic carbocycles. The Morgan fingerprint density at radius 2 is 1.57 bits per heavy atom. The van der Waals surface area contributed by atoms with Crippen LogP contribution in [0.3, 0.4) is 0 Å². The third-order valence-electron chi connectivity index (χ3n) is 8.54. The summed E-state index contributed by atoms with van der Waals surface area (Å²) in [5.41, 5.74) is 5.64. The summed E-state index contributed by atoms with van der Waals surface area (Å²) < 4.78 is 58.4. The summed E-state index contributed by atoms with van der Waals surface area (Å²) in [6.45, 7) is 2.58. The monoisotopic (exact) mass is 685 g/mol. The summed E-state index contributed by atoms with van der Waals surface area (Å²) in [7, 11) is -4.70. The first kappa shape index (κ1) is 43.9. The molecule has 0 spiro atoms. The Bertz CT molecular complexity index is 924. The Balaban J connectivity index is 0.0000106. The molecule has 2 heterocycles. The van der Waals surface area contributed by atoms with Gasteiger partial charge in [0.1, 0.15) is 6.10 Å². The second kappa shape index (κ2) is 25.8. The van der Waals surface area contributed by atoms with Crippen molar-refractivity contribution in [3.8, 4) is 0 Å². The van der Waals surface area contributed by atoms with E-state index in [2.05, 4.69) is 4.18 Å². The van der Waals surface area contributed by atoms with Gasteiger partial charge < -0.3 is 34.3 Å². The number of carbonyl (C=O) groups excluding carboxylic acids is 1. The molecule has 46 heavy (non-hydrogen) atoms. The van der Waals surface area contributed by atoms with E-state index in [1.54, 1.807) is 6.92 Å². The van der Waals surface area contributed by atoms with Crippen LogP contribution in [0.15, 0.2) is 12.2 Å². The van der Waals surface area contributed by atoms with Gasteiger partial charge in [0.05, 0.1) is 38.1 Å². The smallest absolute Gasteiger partial charge is 0.726 e. The fourth-order valence-electron chi connectivity index (χ4n) is 6.11. The molecule has 2 bridgehead atoms. The summed E-state index contributed by atoms with van der Waals surface area (Å²) in [4.78, 5) is 11.4. The maximum Gasteiger partial charge on any atom is 1.00 e. The second-order valence-corrected chi connectivity index (χ2v) is 13.6. The zero-order chi connectivity index (χ0) is 32.8. The zero-order valence-corrected chi connectivity index (χ0v) is 31.4. The molecule has 0 aromatic heterocycles. The first-order chi connectivity index (χ1) is 21.6. The molecule has 0 aromatic rings. The van der Waals surface area contributed by atoms with E-state index in [0.29, 0.717) is 13.2 Å². The molecule has 2 aliphatic rings. The Kier molecular flexibility index (Phi) is 24.6. The van der Waals surface area contributed by atoms with Crippen molar-refractivity contribution in [1.82, 2.24) is 0 Å². The Morgan fingerprint density at radius 3 is 2.17 bits per heavy atom. The van der Waals surface area contributed by atoms with Gasteiger partial charge >= 0.3 is 35.5 Å². The predicted molar refractivity (Wildman–Crippen MR) is 171 cm³/mol. The molecule has 264 valence electrons. The number of ether oxygens (including phenoxy) is 4. The van der Waals surface area contributed by atoms with E-state index in [1.807, 2.05) is 6.08 Å². The van der Waals surface area contributed by atoms with E-state index in [1.165, 1.54) is 70.3 Å². The predicted octanol–water partition coefficient (Wildman–Crippen LogP) is 2.59. The van der Waals surface area contributed by atoms with Gasteiger partial charge in [-0.25, -0.2) is 13.2 Å². The first-order valence-corrected chi connectivity index (χ1v) is 18.8. The Morgan fingerprint density at radius 1 is 0.957 bits per heavy atom. The SMILES string of the molecule is CCOC(=O)/C=C/CCCC[C@H]1O[C@]2(CCCCCCCCCCCCCCCOC[C@@H](N)COS(=O)(=O)[O-])CC[C@@H](O)[C@H]1O2.[Na+]. The van der Waals surface area contributed by atoms with Crippen LogP contribution in [0.25, 0.3) is 0 Å². The van der Waals surface area contributed by atoms with E-state index >= 15 is 0 Å². The van der Waals surface area contributed by atoms with Crippen LogP contribution in [0.5, 0.6) is 0 Å². The number of unbranched alkanes of at least 4 members (excludes halogenated alkanes) is 14. The van der Waals surface area contributed by atoms with Gasteiger partial charge in [-0.15, -0.1) is 0 Å². The van der Waals surface area contributed by atoms with Crippen molar-refractivity contribution >= 4 is 16.4 Å². The maximum atomic E-state index is 11.4. The molecule has 0 radical (unpaired) electrons. The molecule has 2 rings (SSSR count). The molecule has 13 heteroatoms. The minimum Gasteiger partial charge on any atom is -0.726 e. The van der Waals surface area contributed by atoms with Gasteiger partial charge in [-0.2, -0.15) is 0 Å². The van der Waals surface area contributed by atoms with Crippen LogP contribution in [0.2, 0.25) is 0 Å². The molecule has 0 unspecified atom stereocenters. The molecule has 0 saturated carbocycles. The fraction of sp³-hybridized carbons (Fsp3) is 0.909. The number of fused-ring (bicyclic) bond motifs is 2. The van der Waals surface area contributed by atoms with Crippen LogP contribution in [0.4, 0.5) is 0 Å². The molecule has 2 aliphatic heterocycles. The van der Waals surface area contributed by atoms with Crippen LogP contribution in [-0.4, -0.2) is 80.6 Å². The van der Waals surface area contributed by atoms with Crippen LogP contribution in [-0.2, 0) is 38.3 Å². The number of allylic oxidation sites excluding steroid dienone is 1. The largest absolute Gasteiger partial charge is 1.00 e. The molecule has 2 fully saturated rings. The van der Waals surface area contributed by atoms with Crippen molar-refractivity contribution < 1.29 is 75.6 Å². The number of carbonyl (C=O) groups is 1. The van der Waals surface area contributed by atoms with Gasteiger partial charge in [-0.3, -0.25) is 4.18 Å². The van der Waals surface area contributed by atoms with Crippen molar-refractivity contribution in [3.05, 3.63) is 12.2 Å². The van der Waals surface area contributed by atoms with Gasteiger partial charge in [0.25, 0.3) is 0 Å². The van der Waals surface area contributed by atoms with Crippen LogP contribution in [0.1, 0.15) is 135 Å². The summed E-state index contributed by atoms with van der Waals surface area (Å²) in [5.74, 6) is -0.805. The summed E-state index contributed by atoms with van der Waals surface area (Å²) in [5, 5.41) is 10.5. The average Bonchev–Trinajstić information content (AvgIpc) is 3.30. The van der Waals surface area contributed by atoms with Crippen molar-refractivity contribution in [2.24, 2.45) is 5.73 Å². The number of esters is 1. The number of nitrogens with two attached hydrogens (primary N) is 1. The Labute approximate surface area is 300 Å². The molecule has 2 saturated heterocycles. The third-order valence-corrected chi connectivity index (χ3v) is 8.96. The number of hydrogen-bond donors (Lipinski definition) is 2. The Hall–Kier alpha value is -0.120. The van der Waals surface area contributed by atoms with E-state index in [-0.39, 0.29) is 60.9 Å². The van der Waals surface area contributed by atoms with Crippen molar-refractivity contribution in [2.45, 2.75) is 165 Å². The molecule has 0 aromatic carbocycles. The van der Waals surface area contributed by atoms with Gasteiger partial charge in [0.15, 0.2) is 5.79 Å². The average molecular weight is 686 g/mol. The molecule has 5 atom stereocenters. The maximum absolute atomic E-state index is 11.4. The van der Waals surface area contributed by atoms with Crippen LogP contribution in [0, 0.1) is 0 Å². The molecule has 0 amide bonds. The molecular formula is C33H60NNaO10S. The minimum absolute atomic E-state index is 0. The van der Waals surface area contributed by atoms with E-state index in [4.69, 9.17) is 24.7 Å². The van der Waals surface area contributed by atoms with E-state index in [0.717, 1.165) is 64.2 Å². The van der Waals surface area contributed by atoms with Gasteiger partial charge in [0.2, 0.25) is 10.4 Å². The van der Waals surface area contributed by atoms with Crippen molar-refractivity contribution in [2.75, 3.05) is 26.4 Å². The van der Waals surface area contributed by atoms with Crippen molar-refractivity contribution in [3.63, 3.8) is 0 Å². The number of rotatable bonds is 28. The van der Waals surface area contributed by atoms with Gasteiger partial charge in [-0.05, 0) is 45.4 Å². The first-order valence-electron chi connectivity index (χ1n) is 17.4. The van der Waals surface area contributed by atoms with Gasteiger partial charge in [0, 0.05) is 25.5 Å². The number of aliphatic hydroxyl groups is 1. The zero-order valence-electron chi connectivity index (χ0n) is 28.5. The second-order valence-electron chi connectivity index (χ2n) is 12.6. The molecule has 3 N–H and O–H groups in total. The minimum atomic E-state index is -4.70. The number of hydrogen-bond acceptors (Lipinski definition) is 11. The van der Waals surface area contributed by atoms with Crippen LogP contribution < -0.4 is 35.3 Å². The van der Waals surface area contributed by atoms with Gasteiger partial charge in [-0.1, -0.05) is 83.1 Å². The standard InChI is InChI=1S/C33H61NO10S.Na/c1-2-41-31(36)21-17-13-12-16-20-30-32-29(35)22-24-33(43-30,44-32)23-18-14-10-8-6-4-3-5-7-9-11-15-19-25-40-26-28(34)27-42-45(37,38)39;/h17,21,28-30,32,35H,2-16,18-20,22-27,34H2,1H3,(H,37,38,39);/q;+1/p-1/b21-17+;/t28-,29-,30-,32-,33+;/m1./s1. The normalized spacial score (nSPS) is 23.4. The summed E-state index contributed by atoms with van der Waals surface area (Å²) in [6, 6.07) is -0.624. The quantitative estimate of drug-likeness (QED) is 0.0310. The topological polar surface area (TPSA) is 167 Å². The number of aliphatic hydroxyl groups excluding tert-OH is 1. The van der Waals surface area contributed by atoms with Crippen LogP contribution >= 0.6 is 0 Å². The van der Waals surface area contributed by atoms with E-state index < -0.39 is 28.3 Å². The summed E-state index contributed by atoms with van der Waals surface area (Å²) >= 11 is 0. The molecule has 11 nitrogen and oxygen atoms in total. The van der Waals surface area contributed by atoms with E-state index in [9.17, 15) is 22.9 Å². The third kappa shape index (κ3) is 20.4. The molecular weight excluding hydrogens is 625 g/mol. The summed E-state index contributed by atoms with van der Waals surface area (Å²) in [6.07, 6.45) is 24.3. The van der Waals surface area contributed by atoms with Crippen molar-refractivity contribution in [1.29, 1.82) is 0 Å². The fourth-order valence-corrected chi connectivity index (χ4v) is 6.45.